The maximum Gasteiger partial charge on any atom is 0.135 e. The fourth-order valence-corrected chi connectivity index (χ4v) is 4.62. The highest BCUT2D eigenvalue weighted by molar-refractivity contribution is 6.49. The number of rotatable bonds is 0. The molecule has 2 aliphatic heterocycles. The van der Waals surface area contributed by atoms with E-state index in [0.29, 0.717) is 10.6 Å². The molecule has 0 aromatic rings. The molecular weight excluding hydrogens is 167 g/mol. The van der Waals surface area contributed by atoms with E-state index in [1.54, 1.807) is 0 Å². The van der Waals surface area contributed by atoms with Gasteiger partial charge in [0.15, 0.2) is 0 Å². The van der Waals surface area contributed by atoms with Crippen LogP contribution in [0.5, 0.6) is 0 Å². The zero-order valence-electron chi connectivity index (χ0n) is 9.51. The van der Waals surface area contributed by atoms with Gasteiger partial charge in [-0.15, -0.1) is 0 Å². The first-order valence-electron chi connectivity index (χ1n) is 5.88. The highest BCUT2D eigenvalue weighted by Crippen LogP contribution is 2.71. The fraction of sp³-hybridized carbons (Fsp3) is 0.692. The second-order valence-corrected chi connectivity index (χ2v) is 6.48. The summed E-state index contributed by atoms with van der Waals surface area (Å²) in [6.45, 7) is 7.21. The van der Waals surface area contributed by atoms with E-state index in [0.717, 1.165) is 11.8 Å². The van der Waals surface area contributed by atoms with Crippen molar-refractivity contribution in [3.63, 3.8) is 0 Å². The molecular formula is C13H19B. The topological polar surface area (TPSA) is 0 Å². The van der Waals surface area contributed by atoms with Crippen molar-refractivity contribution in [1.29, 1.82) is 0 Å². The van der Waals surface area contributed by atoms with Crippen LogP contribution in [0.25, 0.3) is 0 Å². The van der Waals surface area contributed by atoms with Gasteiger partial charge < -0.3 is 0 Å². The van der Waals surface area contributed by atoms with Crippen LogP contribution < -0.4 is 0 Å². The van der Waals surface area contributed by atoms with E-state index in [-0.39, 0.29) is 0 Å². The third-order valence-corrected chi connectivity index (χ3v) is 4.70. The van der Waals surface area contributed by atoms with E-state index in [4.69, 9.17) is 0 Å². The van der Waals surface area contributed by atoms with Gasteiger partial charge in [0, 0.05) is 0 Å². The highest BCUT2D eigenvalue weighted by atomic mass is 14.5. The van der Waals surface area contributed by atoms with Crippen LogP contribution >= 0.6 is 0 Å². The quantitative estimate of drug-likeness (QED) is 0.509. The van der Waals surface area contributed by atoms with Gasteiger partial charge in [-0.2, -0.15) is 0 Å². The van der Waals surface area contributed by atoms with Crippen molar-refractivity contribution >= 4 is 7.28 Å². The molecule has 4 rings (SSSR count). The molecule has 4 aliphatic rings. The van der Waals surface area contributed by atoms with Crippen LogP contribution in [0.15, 0.2) is 23.8 Å². The predicted molar refractivity (Wildman–Crippen MR) is 63.0 cm³/mol. The van der Waals surface area contributed by atoms with Crippen LogP contribution in [0.1, 0.15) is 33.6 Å². The van der Waals surface area contributed by atoms with Crippen LogP contribution in [0.3, 0.4) is 0 Å². The largest absolute Gasteiger partial charge is 0.135 e. The number of hydrogen-bond donors (Lipinski definition) is 0. The Balaban J connectivity index is 1.96. The molecule has 1 saturated carbocycles. The molecule has 4 unspecified atom stereocenters. The molecule has 4 atom stereocenters. The summed E-state index contributed by atoms with van der Waals surface area (Å²) in [4.78, 5) is 0. The highest BCUT2D eigenvalue weighted by Gasteiger charge is 2.59. The summed E-state index contributed by atoms with van der Waals surface area (Å²) >= 11 is 0. The van der Waals surface area contributed by atoms with E-state index in [9.17, 15) is 0 Å². The fourth-order valence-electron chi connectivity index (χ4n) is 4.62. The van der Waals surface area contributed by atoms with Gasteiger partial charge in [-0.05, 0) is 30.5 Å². The Morgan fingerprint density at radius 1 is 1.43 bits per heavy atom. The van der Waals surface area contributed by atoms with Crippen LogP contribution in [0.2, 0.25) is 10.6 Å². The van der Waals surface area contributed by atoms with Gasteiger partial charge in [-0.3, -0.25) is 0 Å². The zero-order chi connectivity index (χ0) is 9.97. The summed E-state index contributed by atoms with van der Waals surface area (Å²) in [6.07, 6.45) is 10.2. The molecule has 0 nitrogen and oxygen atoms in total. The normalized spacial score (nSPS) is 54.1. The summed E-state index contributed by atoms with van der Waals surface area (Å²) in [5.74, 6) is 1.69. The van der Waals surface area contributed by atoms with Gasteiger partial charge in [0.25, 0.3) is 0 Å². The summed E-state index contributed by atoms with van der Waals surface area (Å²) in [5.41, 5.74) is 1.47. The standard InChI is InChI=1S/C13H19B/c1-9-4-5-10-7-12(2)8-13(3,14-12)11(10)6-9/h4-6,10-11,14H,7-8H2,1-3H3. The van der Waals surface area contributed by atoms with Gasteiger partial charge in [0.05, 0.1) is 0 Å². The molecule has 3 fully saturated rings. The molecule has 0 N–H and O–H groups in total. The van der Waals surface area contributed by atoms with Crippen LogP contribution in [-0.4, -0.2) is 7.28 Å². The first-order valence-corrected chi connectivity index (χ1v) is 5.88. The summed E-state index contributed by atoms with van der Waals surface area (Å²) in [6, 6.07) is 0. The third-order valence-electron chi connectivity index (χ3n) is 4.70. The predicted octanol–water partition coefficient (Wildman–Crippen LogP) is 3.34. The Kier molecular flexibility index (Phi) is 1.50. The van der Waals surface area contributed by atoms with Gasteiger partial charge in [-0.25, -0.2) is 0 Å². The SMILES string of the molecule is CC1=CC2C(C=C1)CC1(C)BC2(C)C1. The Hall–Kier alpha value is -0.455. The van der Waals surface area contributed by atoms with Gasteiger partial charge in [0.1, 0.15) is 7.28 Å². The molecule has 0 aromatic carbocycles. The lowest BCUT2D eigenvalue weighted by Crippen LogP contribution is -2.54. The lowest BCUT2D eigenvalue weighted by Gasteiger charge is -2.64. The first kappa shape index (κ1) is 8.82. The van der Waals surface area contributed by atoms with E-state index in [1.807, 2.05) is 0 Å². The van der Waals surface area contributed by atoms with Gasteiger partial charge in [-0.1, -0.05) is 49.4 Å². The average molecular weight is 186 g/mol. The van der Waals surface area contributed by atoms with Crippen molar-refractivity contribution in [1.82, 2.24) is 0 Å². The lowest BCUT2D eigenvalue weighted by atomic mass is 9.18. The van der Waals surface area contributed by atoms with E-state index in [1.165, 1.54) is 25.7 Å². The summed E-state index contributed by atoms with van der Waals surface area (Å²) in [5, 5.41) is 1.31. The Bertz CT molecular complexity index is 331. The van der Waals surface area contributed by atoms with Crippen LogP contribution in [-0.2, 0) is 0 Å². The molecule has 0 aromatic heterocycles. The zero-order valence-corrected chi connectivity index (χ0v) is 9.51. The molecule has 14 heavy (non-hydrogen) atoms. The van der Waals surface area contributed by atoms with E-state index < -0.39 is 0 Å². The molecule has 2 heterocycles. The van der Waals surface area contributed by atoms with Gasteiger partial charge in [0.2, 0.25) is 0 Å². The molecule has 1 heteroatoms. The lowest BCUT2D eigenvalue weighted by molar-refractivity contribution is 0.157. The van der Waals surface area contributed by atoms with Crippen LogP contribution in [0, 0.1) is 11.8 Å². The molecule has 2 bridgehead atoms. The minimum Gasteiger partial charge on any atom is -0.0806 e. The van der Waals surface area contributed by atoms with Crippen molar-refractivity contribution in [3.05, 3.63) is 23.8 Å². The maximum atomic E-state index is 2.53. The van der Waals surface area contributed by atoms with Crippen molar-refractivity contribution in [2.24, 2.45) is 11.8 Å². The van der Waals surface area contributed by atoms with Crippen molar-refractivity contribution in [2.75, 3.05) is 0 Å². The van der Waals surface area contributed by atoms with Crippen molar-refractivity contribution < 1.29 is 0 Å². The minimum absolute atomic E-state index is 0.629. The average Bonchev–Trinajstić information content (AvgIpc) is 2.03. The molecule has 0 amide bonds. The molecule has 0 radical (unpaired) electrons. The number of allylic oxidation sites excluding steroid dienone is 4. The third kappa shape index (κ3) is 1.02. The summed E-state index contributed by atoms with van der Waals surface area (Å²) < 4.78 is 0. The smallest absolute Gasteiger partial charge is 0.0806 e. The Morgan fingerprint density at radius 3 is 2.86 bits per heavy atom. The maximum absolute atomic E-state index is 2.53. The van der Waals surface area contributed by atoms with Crippen molar-refractivity contribution in [2.45, 2.75) is 44.2 Å². The van der Waals surface area contributed by atoms with E-state index in [2.05, 4.69) is 39.0 Å². The molecule has 2 saturated heterocycles. The summed E-state index contributed by atoms with van der Waals surface area (Å²) in [7, 11) is 1.46. The Morgan fingerprint density at radius 2 is 2.14 bits per heavy atom. The van der Waals surface area contributed by atoms with Crippen LogP contribution in [0.4, 0.5) is 0 Å². The monoisotopic (exact) mass is 186 g/mol. The molecule has 0 spiro atoms. The van der Waals surface area contributed by atoms with Gasteiger partial charge >= 0.3 is 0 Å². The first-order chi connectivity index (χ1) is 6.51. The minimum atomic E-state index is 0.629. The van der Waals surface area contributed by atoms with Crippen molar-refractivity contribution in [3.8, 4) is 0 Å². The molecule has 2 aliphatic carbocycles. The second kappa shape index (κ2) is 2.37. The van der Waals surface area contributed by atoms with E-state index >= 15 is 0 Å². The Labute approximate surface area is 87.7 Å². The molecule has 74 valence electrons. The number of hydrogen-bond acceptors (Lipinski definition) is 0. The second-order valence-electron chi connectivity index (χ2n) is 6.48.